The fourth-order valence-corrected chi connectivity index (χ4v) is 2.75. The first-order valence-corrected chi connectivity index (χ1v) is 6.71. The lowest BCUT2D eigenvalue weighted by molar-refractivity contribution is -0.144. The second-order valence-electron chi connectivity index (χ2n) is 5.01. The summed E-state index contributed by atoms with van der Waals surface area (Å²) in [5.74, 6) is 0.542. The standard InChI is InChI=1S/C15H21NO3/c1-3-19-14(17)10-15(16)8-4-5-11-6-7-12(18-2)9-13(11)15/h6-7,9H,3-5,8,10,16H2,1-2H3. The van der Waals surface area contributed by atoms with Gasteiger partial charge in [-0.05, 0) is 49.4 Å². The molecule has 1 aliphatic carbocycles. The molecule has 1 aromatic carbocycles. The largest absolute Gasteiger partial charge is 0.497 e. The lowest BCUT2D eigenvalue weighted by Gasteiger charge is -2.35. The van der Waals surface area contributed by atoms with Crippen molar-refractivity contribution in [3.8, 4) is 5.75 Å². The molecule has 2 rings (SSSR count). The number of carbonyl (C=O) groups excluding carboxylic acids is 1. The number of nitrogens with two attached hydrogens (primary N) is 1. The number of methoxy groups -OCH3 is 1. The number of hydrogen-bond donors (Lipinski definition) is 1. The molecule has 0 radical (unpaired) electrons. The summed E-state index contributed by atoms with van der Waals surface area (Å²) in [4.78, 5) is 11.7. The van der Waals surface area contributed by atoms with E-state index in [9.17, 15) is 4.79 Å². The third-order valence-corrected chi connectivity index (χ3v) is 3.69. The van der Waals surface area contributed by atoms with Gasteiger partial charge in [0, 0.05) is 0 Å². The minimum Gasteiger partial charge on any atom is -0.497 e. The van der Waals surface area contributed by atoms with Crippen LogP contribution in [0.3, 0.4) is 0 Å². The zero-order chi connectivity index (χ0) is 13.9. The van der Waals surface area contributed by atoms with E-state index in [1.54, 1.807) is 14.0 Å². The highest BCUT2D eigenvalue weighted by molar-refractivity contribution is 5.71. The summed E-state index contributed by atoms with van der Waals surface area (Å²) < 4.78 is 10.3. The second kappa shape index (κ2) is 5.61. The molecule has 0 spiro atoms. The van der Waals surface area contributed by atoms with E-state index < -0.39 is 5.54 Å². The van der Waals surface area contributed by atoms with Crippen LogP contribution in [-0.4, -0.2) is 19.7 Å². The van der Waals surface area contributed by atoms with Crippen molar-refractivity contribution in [1.29, 1.82) is 0 Å². The van der Waals surface area contributed by atoms with Crippen LogP contribution in [0.15, 0.2) is 18.2 Å². The summed E-state index contributed by atoms with van der Waals surface area (Å²) in [5.41, 5.74) is 8.07. The summed E-state index contributed by atoms with van der Waals surface area (Å²) in [5, 5.41) is 0. The number of carbonyl (C=O) groups is 1. The highest BCUT2D eigenvalue weighted by Gasteiger charge is 2.35. The Labute approximate surface area is 113 Å². The highest BCUT2D eigenvalue weighted by Crippen LogP contribution is 2.37. The third-order valence-electron chi connectivity index (χ3n) is 3.69. The highest BCUT2D eigenvalue weighted by atomic mass is 16.5. The average Bonchev–Trinajstić information content (AvgIpc) is 2.39. The molecule has 4 heteroatoms. The minimum atomic E-state index is -0.631. The predicted octanol–water partition coefficient (Wildman–Crippen LogP) is 2.14. The Kier molecular flexibility index (Phi) is 4.10. The molecule has 0 heterocycles. The summed E-state index contributed by atoms with van der Waals surface area (Å²) in [7, 11) is 1.63. The van der Waals surface area contributed by atoms with Crippen LogP contribution in [0.25, 0.3) is 0 Å². The molecule has 1 aliphatic rings. The number of fused-ring (bicyclic) bond motifs is 1. The lowest BCUT2D eigenvalue weighted by Crippen LogP contribution is -2.42. The molecule has 1 unspecified atom stereocenters. The molecule has 19 heavy (non-hydrogen) atoms. The molecule has 4 nitrogen and oxygen atoms in total. The van der Waals surface area contributed by atoms with Crippen molar-refractivity contribution in [2.45, 2.75) is 38.1 Å². The SMILES string of the molecule is CCOC(=O)CC1(N)CCCc2ccc(OC)cc21. The molecular formula is C15H21NO3. The molecule has 0 aromatic heterocycles. The van der Waals surface area contributed by atoms with E-state index in [1.807, 2.05) is 18.2 Å². The van der Waals surface area contributed by atoms with Gasteiger partial charge in [-0.25, -0.2) is 0 Å². The Bertz CT molecular complexity index is 472. The van der Waals surface area contributed by atoms with E-state index in [4.69, 9.17) is 15.2 Å². The maximum atomic E-state index is 11.7. The predicted molar refractivity (Wildman–Crippen MR) is 73.0 cm³/mol. The van der Waals surface area contributed by atoms with Crippen molar-refractivity contribution in [2.75, 3.05) is 13.7 Å². The van der Waals surface area contributed by atoms with E-state index in [-0.39, 0.29) is 12.4 Å². The van der Waals surface area contributed by atoms with Crippen LogP contribution in [0.4, 0.5) is 0 Å². The van der Waals surface area contributed by atoms with Crippen molar-refractivity contribution >= 4 is 5.97 Å². The van der Waals surface area contributed by atoms with Crippen LogP contribution >= 0.6 is 0 Å². The second-order valence-corrected chi connectivity index (χ2v) is 5.01. The van der Waals surface area contributed by atoms with Gasteiger partial charge in [-0.2, -0.15) is 0 Å². The zero-order valence-corrected chi connectivity index (χ0v) is 11.6. The topological polar surface area (TPSA) is 61.5 Å². The van der Waals surface area contributed by atoms with Gasteiger partial charge in [-0.15, -0.1) is 0 Å². The molecule has 0 saturated heterocycles. The van der Waals surface area contributed by atoms with Crippen molar-refractivity contribution in [1.82, 2.24) is 0 Å². The molecular weight excluding hydrogens is 242 g/mol. The Balaban J connectivity index is 2.31. The molecule has 0 fully saturated rings. The lowest BCUT2D eigenvalue weighted by atomic mass is 9.75. The van der Waals surface area contributed by atoms with Gasteiger partial charge in [0.15, 0.2) is 0 Å². The normalized spacial score (nSPS) is 21.6. The number of ether oxygens (including phenoxy) is 2. The number of esters is 1. The van der Waals surface area contributed by atoms with Gasteiger partial charge in [0.2, 0.25) is 0 Å². The first-order chi connectivity index (χ1) is 9.09. The first-order valence-electron chi connectivity index (χ1n) is 6.71. The Morgan fingerprint density at radius 1 is 1.47 bits per heavy atom. The summed E-state index contributed by atoms with van der Waals surface area (Å²) in [6, 6.07) is 5.93. The quantitative estimate of drug-likeness (QED) is 0.845. The van der Waals surface area contributed by atoms with E-state index in [1.165, 1.54) is 5.56 Å². The average molecular weight is 263 g/mol. The number of benzene rings is 1. The Morgan fingerprint density at radius 2 is 2.26 bits per heavy atom. The summed E-state index contributed by atoms with van der Waals surface area (Å²) >= 11 is 0. The molecule has 0 bridgehead atoms. The summed E-state index contributed by atoms with van der Waals surface area (Å²) in [6.45, 7) is 2.19. The van der Waals surface area contributed by atoms with Crippen LogP contribution in [-0.2, 0) is 21.5 Å². The smallest absolute Gasteiger partial charge is 0.307 e. The molecule has 1 atom stereocenters. The monoisotopic (exact) mass is 263 g/mol. The van der Waals surface area contributed by atoms with Gasteiger partial charge in [0.1, 0.15) is 5.75 Å². The van der Waals surface area contributed by atoms with Crippen molar-refractivity contribution < 1.29 is 14.3 Å². The Hall–Kier alpha value is -1.55. The van der Waals surface area contributed by atoms with Crippen molar-refractivity contribution in [3.05, 3.63) is 29.3 Å². The fraction of sp³-hybridized carbons (Fsp3) is 0.533. The van der Waals surface area contributed by atoms with E-state index >= 15 is 0 Å². The van der Waals surface area contributed by atoms with Gasteiger partial charge in [-0.3, -0.25) is 4.79 Å². The van der Waals surface area contributed by atoms with Crippen molar-refractivity contribution in [3.63, 3.8) is 0 Å². The first kappa shape index (κ1) is 13.9. The summed E-state index contributed by atoms with van der Waals surface area (Å²) in [6.07, 6.45) is 3.02. The van der Waals surface area contributed by atoms with Gasteiger partial charge >= 0.3 is 5.97 Å². The molecule has 0 saturated carbocycles. The third kappa shape index (κ3) is 2.89. The van der Waals surface area contributed by atoms with E-state index in [0.29, 0.717) is 6.61 Å². The van der Waals surface area contributed by atoms with Crippen molar-refractivity contribution in [2.24, 2.45) is 5.73 Å². The van der Waals surface area contributed by atoms with Crippen LogP contribution in [0.1, 0.15) is 37.3 Å². The molecule has 104 valence electrons. The van der Waals surface area contributed by atoms with Crippen LogP contribution in [0.5, 0.6) is 5.75 Å². The van der Waals surface area contributed by atoms with Gasteiger partial charge in [0.25, 0.3) is 0 Å². The maximum absolute atomic E-state index is 11.7. The molecule has 1 aromatic rings. The van der Waals surface area contributed by atoms with Gasteiger partial charge < -0.3 is 15.2 Å². The van der Waals surface area contributed by atoms with Crippen LogP contribution < -0.4 is 10.5 Å². The van der Waals surface area contributed by atoms with E-state index in [2.05, 4.69) is 0 Å². The zero-order valence-electron chi connectivity index (χ0n) is 11.6. The molecule has 0 aliphatic heterocycles. The Morgan fingerprint density at radius 3 is 2.95 bits per heavy atom. The minimum absolute atomic E-state index is 0.223. The fourth-order valence-electron chi connectivity index (χ4n) is 2.75. The number of rotatable bonds is 4. The number of hydrogen-bond acceptors (Lipinski definition) is 4. The maximum Gasteiger partial charge on any atom is 0.307 e. The molecule has 0 amide bonds. The number of aryl methyl sites for hydroxylation is 1. The molecule has 2 N–H and O–H groups in total. The van der Waals surface area contributed by atoms with E-state index in [0.717, 1.165) is 30.6 Å². The van der Waals surface area contributed by atoms with Gasteiger partial charge in [-0.1, -0.05) is 6.07 Å². The van der Waals surface area contributed by atoms with Crippen LogP contribution in [0.2, 0.25) is 0 Å². The van der Waals surface area contributed by atoms with Gasteiger partial charge in [0.05, 0.1) is 25.7 Å². The van der Waals surface area contributed by atoms with Crippen LogP contribution in [0, 0.1) is 0 Å².